The summed E-state index contributed by atoms with van der Waals surface area (Å²) >= 11 is 2.40. The van der Waals surface area contributed by atoms with Gasteiger partial charge in [0.05, 0.1) is 18.1 Å². The first-order valence-electron chi connectivity index (χ1n) is 7.55. The molecule has 4 aromatic rings. The molecule has 0 aliphatic rings. The number of nitriles is 4. The number of nitrogens with zero attached hydrogens (tertiary/aromatic N) is 8. The summed E-state index contributed by atoms with van der Waals surface area (Å²) in [6.07, 6.45) is 6.02. The fourth-order valence-corrected chi connectivity index (χ4v) is 5.05. The van der Waals surface area contributed by atoms with E-state index >= 15 is 0 Å². The molecular weight excluding hydrogens is 392 g/mol. The minimum atomic E-state index is -0.0600. The largest absolute Gasteiger partial charge is 0.251 e. The number of rotatable bonds is 0. The molecule has 0 amide bonds. The van der Waals surface area contributed by atoms with Gasteiger partial charge in [-0.3, -0.25) is 19.9 Å². The summed E-state index contributed by atoms with van der Waals surface area (Å²) in [5.74, 6) is 0. The Morgan fingerprint density at radius 2 is 0.893 bits per heavy atom. The van der Waals surface area contributed by atoms with Crippen molar-refractivity contribution in [1.82, 2.24) is 19.9 Å². The van der Waals surface area contributed by atoms with Gasteiger partial charge in [0.15, 0.2) is 0 Å². The van der Waals surface area contributed by atoms with E-state index in [0.29, 0.717) is 40.2 Å². The van der Waals surface area contributed by atoms with Crippen molar-refractivity contribution in [2.24, 2.45) is 0 Å². The Balaban J connectivity index is 2.44. The number of hydrogen-bond acceptors (Lipinski definition) is 10. The van der Waals surface area contributed by atoms with E-state index < -0.39 is 0 Å². The number of fused-ring (bicyclic) bond motifs is 2. The van der Waals surface area contributed by atoms with Gasteiger partial charge < -0.3 is 0 Å². The molecule has 10 heteroatoms. The molecule has 0 fully saturated rings. The quantitative estimate of drug-likeness (QED) is 0.433. The predicted molar refractivity (Wildman–Crippen MR) is 101 cm³/mol. The molecule has 4 rings (SSSR count). The average molecular weight is 396 g/mol. The fraction of sp³-hybridized carbons (Fsp3) is 0. The Hall–Kier alpha value is -4.22. The number of aromatic nitrogens is 4. The molecule has 0 unspecified atom stereocenters. The second-order valence-corrected chi connectivity index (χ2v) is 7.27. The Labute approximate surface area is 164 Å². The summed E-state index contributed by atoms with van der Waals surface area (Å²) in [5.41, 5.74) is 1.79. The Morgan fingerprint density at radius 1 is 0.571 bits per heavy atom. The van der Waals surface area contributed by atoms with Crippen LogP contribution in [0.2, 0.25) is 0 Å². The minimum Gasteiger partial charge on any atom is -0.251 e. The van der Waals surface area contributed by atoms with Gasteiger partial charge in [-0.1, -0.05) is 0 Å². The van der Waals surface area contributed by atoms with Crippen LogP contribution < -0.4 is 9.06 Å². The highest BCUT2D eigenvalue weighted by atomic mass is 32.1. The molecule has 0 atom stereocenters. The van der Waals surface area contributed by atoms with Crippen LogP contribution in [0.4, 0.5) is 0 Å². The van der Waals surface area contributed by atoms with Crippen LogP contribution in [0.3, 0.4) is 0 Å². The van der Waals surface area contributed by atoms with Crippen LogP contribution in [0.25, 0.3) is 33.2 Å². The molecule has 4 heterocycles. The van der Waals surface area contributed by atoms with Gasteiger partial charge in [0.2, 0.25) is 0 Å². The van der Waals surface area contributed by atoms with Crippen LogP contribution >= 0.6 is 22.7 Å². The van der Waals surface area contributed by atoms with Crippen LogP contribution in [-0.4, -0.2) is 19.9 Å². The highest BCUT2D eigenvalue weighted by molar-refractivity contribution is 7.13. The van der Waals surface area contributed by atoms with Crippen LogP contribution in [0.15, 0.2) is 24.8 Å². The molecule has 0 spiro atoms. The van der Waals surface area contributed by atoms with E-state index in [-0.39, 0.29) is 11.1 Å². The van der Waals surface area contributed by atoms with Crippen LogP contribution in [-0.2, 0) is 0 Å². The van der Waals surface area contributed by atoms with Crippen LogP contribution in [0.1, 0.15) is 0 Å². The summed E-state index contributed by atoms with van der Waals surface area (Å²) < 4.78 is 2.14. The number of thiophene rings is 2. The SMILES string of the molecule is N#CC(C#N)=c1s/c(=c2\sc(=C(C#N)C#N)c3nccnc23)c2nccnc12. The van der Waals surface area contributed by atoms with Crippen molar-refractivity contribution in [3.63, 3.8) is 0 Å². The summed E-state index contributed by atoms with van der Waals surface area (Å²) in [4.78, 5) is 17.3. The standard InChI is InChI=1S/C18H4N8S2/c19-5-9(6-20)15-11-13(25-3-1-23-11)17(27-15)18-14-12(24-2-4-26-14)16(28-18)10(7-21)8-22/h1-4H/b18-17-. The second kappa shape index (κ2) is 6.83. The zero-order valence-electron chi connectivity index (χ0n) is 13.7. The molecule has 0 N–H and O–H groups in total. The molecule has 128 valence electrons. The molecule has 0 saturated carbocycles. The van der Waals surface area contributed by atoms with E-state index in [4.69, 9.17) is 0 Å². The van der Waals surface area contributed by atoms with Crippen molar-refractivity contribution in [2.45, 2.75) is 0 Å². The second-order valence-electron chi connectivity index (χ2n) is 5.22. The molecule has 28 heavy (non-hydrogen) atoms. The van der Waals surface area contributed by atoms with E-state index in [1.54, 1.807) is 0 Å². The van der Waals surface area contributed by atoms with Crippen molar-refractivity contribution in [3.05, 3.63) is 42.9 Å². The highest BCUT2D eigenvalue weighted by Gasteiger charge is 2.13. The van der Waals surface area contributed by atoms with Gasteiger partial charge in [-0.25, -0.2) is 0 Å². The van der Waals surface area contributed by atoms with Gasteiger partial charge in [-0.15, -0.1) is 22.7 Å². The summed E-state index contributed by atoms with van der Waals surface area (Å²) in [7, 11) is 0. The van der Waals surface area contributed by atoms with E-state index in [1.807, 2.05) is 24.3 Å². The average Bonchev–Trinajstić information content (AvgIpc) is 3.30. The van der Waals surface area contributed by atoms with Crippen molar-refractivity contribution >= 4 is 55.9 Å². The summed E-state index contributed by atoms with van der Waals surface area (Å²) in [5, 5.41) is 37.1. The van der Waals surface area contributed by atoms with Crippen molar-refractivity contribution in [1.29, 1.82) is 21.0 Å². The highest BCUT2D eigenvalue weighted by Crippen LogP contribution is 2.20. The maximum absolute atomic E-state index is 9.29. The van der Waals surface area contributed by atoms with E-state index in [2.05, 4.69) is 19.9 Å². The molecule has 0 aliphatic heterocycles. The maximum atomic E-state index is 9.29. The van der Waals surface area contributed by atoms with Gasteiger partial charge in [0.25, 0.3) is 0 Å². The Morgan fingerprint density at radius 3 is 1.21 bits per heavy atom. The van der Waals surface area contributed by atoms with Gasteiger partial charge in [0, 0.05) is 24.8 Å². The third kappa shape index (κ3) is 2.46. The Kier molecular flexibility index (Phi) is 4.20. The van der Waals surface area contributed by atoms with E-state index in [1.165, 1.54) is 47.5 Å². The monoisotopic (exact) mass is 396 g/mol. The van der Waals surface area contributed by atoms with Gasteiger partial charge >= 0.3 is 0 Å². The molecule has 0 bridgehead atoms. The van der Waals surface area contributed by atoms with Crippen molar-refractivity contribution in [2.75, 3.05) is 0 Å². The van der Waals surface area contributed by atoms with Crippen molar-refractivity contribution < 1.29 is 0 Å². The number of hydrogen-bond donors (Lipinski definition) is 0. The molecule has 0 aromatic carbocycles. The minimum absolute atomic E-state index is 0.0600. The third-order valence-corrected chi connectivity index (χ3v) is 6.31. The lowest BCUT2D eigenvalue weighted by atomic mass is 10.3. The van der Waals surface area contributed by atoms with Gasteiger partial charge in [0.1, 0.15) is 57.5 Å². The molecule has 0 radical (unpaired) electrons. The summed E-state index contributed by atoms with van der Waals surface area (Å²) in [6, 6.07) is 7.55. The van der Waals surface area contributed by atoms with E-state index in [0.717, 1.165) is 0 Å². The van der Waals surface area contributed by atoms with E-state index in [9.17, 15) is 21.0 Å². The molecule has 0 saturated heterocycles. The van der Waals surface area contributed by atoms with Gasteiger partial charge in [-0.2, -0.15) is 21.0 Å². The topological polar surface area (TPSA) is 147 Å². The zero-order valence-corrected chi connectivity index (χ0v) is 15.3. The van der Waals surface area contributed by atoms with Crippen molar-refractivity contribution in [3.8, 4) is 24.3 Å². The van der Waals surface area contributed by atoms with Crippen LogP contribution in [0.5, 0.6) is 0 Å². The van der Waals surface area contributed by atoms with Gasteiger partial charge in [-0.05, 0) is 0 Å². The molecular formula is C18H4N8S2. The lowest BCUT2D eigenvalue weighted by Gasteiger charge is -1.87. The molecule has 8 nitrogen and oxygen atoms in total. The molecule has 4 aromatic heterocycles. The first-order valence-corrected chi connectivity index (χ1v) is 9.19. The third-order valence-electron chi connectivity index (χ3n) is 3.77. The summed E-state index contributed by atoms with van der Waals surface area (Å²) in [6.45, 7) is 0. The van der Waals surface area contributed by atoms with Crippen LogP contribution in [0, 0.1) is 54.4 Å². The molecule has 0 aliphatic carbocycles. The smallest absolute Gasteiger partial charge is 0.149 e. The normalized spacial score (nSPS) is 11.3. The first kappa shape index (κ1) is 17.2. The zero-order chi connectivity index (χ0) is 19.7. The lowest BCUT2D eigenvalue weighted by Crippen LogP contribution is -1.99. The fourth-order valence-electron chi connectivity index (χ4n) is 2.64. The predicted octanol–water partition coefficient (Wildman–Crippen LogP) is 1.38. The first-order chi connectivity index (χ1) is 13.7. The maximum Gasteiger partial charge on any atom is 0.149 e. The lowest BCUT2D eigenvalue weighted by molar-refractivity contribution is 1.29. The Bertz CT molecular complexity index is 1510.